The molecule has 0 aliphatic heterocycles. The molecule has 0 atom stereocenters. The van der Waals surface area contributed by atoms with Crippen LogP contribution in [0.4, 0.5) is 0 Å². The van der Waals surface area contributed by atoms with Crippen LogP contribution in [0.15, 0.2) is 0 Å². The van der Waals surface area contributed by atoms with Crippen molar-refractivity contribution in [3.8, 4) is 0 Å². The highest BCUT2D eigenvalue weighted by atomic mass is 28.3. The molecule has 0 aromatic heterocycles. The normalized spacial score (nSPS) is 13.3. The fraction of sp³-hybridized carbons (Fsp3) is 1.00. The maximum Gasteiger partial charge on any atom is 0.0842 e. The third-order valence-corrected chi connectivity index (χ3v) is 6.18. The Bertz CT molecular complexity index is 29.4. The highest BCUT2D eigenvalue weighted by Gasteiger charge is 1.79. The van der Waals surface area contributed by atoms with Crippen molar-refractivity contribution in [3.05, 3.63) is 0 Å². The summed E-state index contributed by atoms with van der Waals surface area (Å²) in [6, 6.07) is 1.44. The van der Waals surface area contributed by atoms with Gasteiger partial charge in [-0.1, -0.05) is 18.6 Å². The minimum Gasteiger partial charge on any atom is -0.369 e. The zero-order valence-electron chi connectivity index (χ0n) is 5.33. The average Bonchev–Trinajstić information content (AvgIpc) is 1.69. The molecule has 0 radical (unpaired) electrons. The molecule has 4 heteroatoms. The van der Waals surface area contributed by atoms with Gasteiger partial charge < -0.3 is 4.65 Å². The van der Waals surface area contributed by atoms with Crippen LogP contribution in [-0.2, 0) is 0 Å². The van der Waals surface area contributed by atoms with Crippen LogP contribution in [0.5, 0.6) is 0 Å². The van der Waals surface area contributed by atoms with E-state index in [1.165, 1.54) is 16.3 Å². The first-order valence-electron chi connectivity index (χ1n) is 3.12. The standard InChI is InChI=1S/C3H15NSi3/c1-2-6-4-7-3-5/h4H,2-3,6-7H2,1,5H3. The van der Waals surface area contributed by atoms with Crippen molar-refractivity contribution in [1.29, 1.82) is 0 Å². The molecular formula is C3H15NSi3. The second-order valence-electron chi connectivity index (χ2n) is 1.75. The highest BCUT2D eigenvalue weighted by Crippen LogP contribution is 1.66. The van der Waals surface area contributed by atoms with Crippen molar-refractivity contribution in [3.63, 3.8) is 0 Å². The zero-order chi connectivity index (χ0) is 5.54. The number of hydrogen-bond donors (Lipinski definition) is 1. The van der Waals surface area contributed by atoms with Crippen molar-refractivity contribution in [1.82, 2.24) is 4.65 Å². The van der Waals surface area contributed by atoms with Crippen molar-refractivity contribution in [2.24, 2.45) is 0 Å². The molecule has 0 unspecified atom stereocenters. The van der Waals surface area contributed by atoms with E-state index < -0.39 is 0 Å². The summed E-state index contributed by atoms with van der Waals surface area (Å²) in [6.07, 6.45) is 0. The summed E-state index contributed by atoms with van der Waals surface area (Å²) < 4.78 is 3.60. The van der Waals surface area contributed by atoms with Crippen LogP contribution in [0.1, 0.15) is 6.92 Å². The monoisotopic (exact) mass is 149 g/mol. The number of rotatable bonds is 4. The Morgan fingerprint density at radius 1 is 1.57 bits per heavy atom. The van der Waals surface area contributed by atoms with Gasteiger partial charge in [-0.05, 0) is 0 Å². The summed E-state index contributed by atoms with van der Waals surface area (Å²) in [5, 5.41) is 0. The Hall–Kier alpha value is 0.611. The van der Waals surface area contributed by atoms with Gasteiger partial charge in [-0.15, -0.1) is 0 Å². The minimum atomic E-state index is 0.245. The lowest BCUT2D eigenvalue weighted by Crippen LogP contribution is -2.22. The zero-order valence-corrected chi connectivity index (χ0v) is 10.2. The molecule has 0 saturated carbocycles. The van der Waals surface area contributed by atoms with Gasteiger partial charge in [0, 0.05) is 10.2 Å². The predicted molar refractivity (Wildman–Crippen MR) is 45.5 cm³/mol. The molecule has 0 bridgehead atoms. The van der Waals surface area contributed by atoms with E-state index in [1.54, 1.807) is 5.67 Å². The van der Waals surface area contributed by atoms with Gasteiger partial charge in [0.1, 0.15) is 0 Å². The van der Waals surface area contributed by atoms with E-state index in [0.717, 1.165) is 0 Å². The molecule has 0 aromatic rings. The summed E-state index contributed by atoms with van der Waals surface area (Å²) in [5.41, 5.74) is 1.56. The second-order valence-corrected chi connectivity index (χ2v) is 9.75. The Labute approximate surface area is 53.5 Å². The van der Waals surface area contributed by atoms with Gasteiger partial charge in [-0.3, -0.25) is 0 Å². The van der Waals surface area contributed by atoms with Gasteiger partial charge in [-0.2, -0.15) is 0 Å². The molecule has 44 valence electrons. The number of nitrogens with one attached hydrogen (secondary N) is 1. The van der Waals surface area contributed by atoms with Crippen molar-refractivity contribution < 1.29 is 0 Å². The first-order valence-corrected chi connectivity index (χ1v) is 7.95. The molecular weight excluding hydrogens is 134 g/mol. The maximum absolute atomic E-state index is 3.60. The van der Waals surface area contributed by atoms with E-state index in [0.29, 0.717) is 0 Å². The van der Waals surface area contributed by atoms with E-state index in [-0.39, 0.29) is 19.4 Å². The Morgan fingerprint density at radius 2 is 2.29 bits per heavy atom. The molecule has 0 saturated heterocycles. The van der Waals surface area contributed by atoms with Gasteiger partial charge in [0.05, 0.1) is 19.4 Å². The lowest BCUT2D eigenvalue weighted by Gasteiger charge is -1.93. The average molecular weight is 149 g/mol. The quantitative estimate of drug-likeness (QED) is 0.358. The molecule has 0 fully saturated rings. The van der Waals surface area contributed by atoms with Gasteiger partial charge in [0.15, 0.2) is 0 Å². The molecule has 0 aliphatic rings. The first-order chi connectivity index (χ1) is 3.41. The van der Waals surface area contributed by atoms with Crippen LogP contribution < -0.4 is 4.65 Å². The lowest BCUT2D eigenvalue weighted by atomic mass is 11.0. The second kappa shape index (κ2) is 6.61. The predicted octanol–water partition coefficient (Wildman–Crippen LogP) is -2.08. The molecule has 1 N–H and O–H groups in total. The van der Waals surface area contributed by atoms with Gasteiger partial charge >= 0.3 is 0 Å². The molecule has 0 amide bonds. The summed E-state index contributed by atoms with van der Waals surface area (Å²) in [6.45, 7) is 2.28. The Balaban J connectivity index is 2.45. The van der Waals surface area contributed by atoms with E-state index >= 15 is 0 Å². The molecule has 0 aliphatic carbocycles. The summed E-state index contributed by atoms with van der Waals surface area (Å²) in [7, 11) is 1.96. The fourth-order valence-electron chi connectivity index (χ4n) is 0.479. The highest BCUT2D eigenvalue weighted by molar-refractivity contribution is 6.55. The van der Waals surface area contributed by atoms with Gasteiger partial charge in [0.2, 0.25) is 0 Å². The van der Waals surface area contributed by atoms with Gasteiger partial charge in [-0.25, -0.2) is 0 Å². The Morgan fingerprint density at radius 3 is 2.71 bits per heavy atom. The van der Waals surface area contributed by atoms with Crippen LogP contribution >= 0.6 is 0 Å². The van der Waals surface area contributed by atoms with E-state index in [2.05, 4.69) is 11.6 Å². The molecule has 0 spiro atoms. The fourth-order valence-corrected chi connectivity index (χ4v) is 7.49. The summed E-state index contributed by atoms with van der Waals surface area (Å²) in [5.74, 6) is 0. The molecule has 1 nitrogen and oxygen atoms in total. The van der Waals surface area contributed by atoms with Crippen molar-refractivity contribution in [2.45, 2.75) is 18.6 Å². The molecule has 0 rings (SSSR count). The van der Waals surface area contributed by atoms with Crippen molar-refractivity contribution >= 4 is 29.6 Å². The Kier molecular flexibility index (Phi) is 7.19. The topological polar surface area (TPSA) is 12.0 Å². The maximum atomic E-state index is 3.60. The largest absolute Gasteiger partial charge is 0.369 e. The number of hydrogen-bond acceptors (Lipinski definition) is 1. The SMILES string of the molecule is CC[SiH2]N[SiH2]C[SiH3]. The van der Waals surface area contributed by atoms with E-state index in [4.69, 9.17) is 0 Å². The summed E-state index contributed by atoms with van der Waals surface area (Å²) >= 11 is 0. The van der Waals surface area contributed by atoms with Crippen molar-refractivity contribution in [2.75, 3.05) is 0 Å². The smallest absolute Gasteiger partial charge is 0.0842 e. The molecule has 0 aromatic carbocycles. The van der Waals surface area contributed by atoms with E-state index in [1.807, 2.05) is 0 Å². The van der Waals surface area contributed by atoms with Crippen LogP contribution in [-0.4, -0.2) is 29.6 Å². The minimum absolute atomic E-state index is 0.245. The first kappa shape index (κ1) is 7.61. The molecule has 0 heterocycles. The van der Waals surface area contributed by atoms with Crippen LogP contribution in [0, 0.1) is 0 Å². The summed E-state index contributed by atoms with van der Waals surface area (Å²) in [4.78, 5) is 0. The molecule has 7 heavy (non-hydrogen) atoms. The van der Waals surface area contributed by atoms with Crippen LogP contribution in [0.3, 0.4) is 0 Å². The van der Waals surface area contributed by atoms with Crippen LogP contribution in [0.25, 0.3) is 0 Å². The van der Waals surface area contributed by atoms with E-state index in [9.17, 15) is 0 Å². The third kappa shape index (κ3) is 6.61. The van der Waals surface area contributed by atoms with Gasteiger partial charge in [0.25, 0.3) is 0 Å². The lowest BCUT2D eigenvalue weighted by molar-refractivity contribution is 1.38. The van der Waals surface area contributed by atoms with Crippen LogP contribution in [0.2, 0.25) is 11.7 Å². The third-order valence-electron chi connectivity index (χ3n) is 0.854.